The normalized spacial score (nSPS) is 13.2. The van der Waals surface area contributed by atoms with Gasteiger partial charge in [0.15, 0.2) is 0 Å². The number of rotatable bonds is 8. The van der Waals surface area contributed by atoms with Crippen molar-refractivity contribution in [1.82, 2.24) is 0 Å². The Morgan fingerprint density at radius 2 is 1.40 bits per heavy atom. The molecule has 0 saturated carbocycles. The van der Waals surface area contributed by atoms with Gasteiger partial charge in [-0.25, -0.2) is 0 Å². The van der Waals surface area contributed by atoms with Crippen molar-refractivity contribution in [2.75, 3.05) is 0 Å². The third kappa shape index (κ3) is 4.59. The quantitative estimate of drug-likeness (QED) is 0.419. The molecule has 0 bridgehead atoms. The lowest BCUT2D eigenvalue weighted by Gasteiger charge is -2.26. The van der Waals surface area contributed by atoms with Crippen molar-refractivity contribution >= 4 is 11.6 Å². The van der Waals surface area contributed by atoms with Crippen LogP contribution in [0.3, 0.4) is 0 Å². The molecule has 0 amide bonds. The van der Waals surface area contributed by atoms with E-state index in [0.29, 0.717) is 5.56 Å². The van der Waals surface area contributed by atoms with Gasteiger partial charge in [-0.2, -0.15) is 0 Å². The average Bonchev–Trinajstić information content (AvgIpc) is 2.58. The predicted octanol–water partition coefficient (Wildman–Crippen LogP) is 3.45. The van der Waals surface area contributed by atoms with Gasteiger partial charge in [-0.3, -0.25) is 19.7 Å². The molecular formula is C20H21NO4. The molecule has 2 unspecified atom stereocenters. The van der Waals surface area contributed by atoms with Crippen LogP contribution in [-0.4, -0.2) is 22.5 Å². The number of carbonyl (C=O) groups excluding carboxylic acids is 2. The number of hydrogen-bond donors (Lipinski definition) is 0. The molecule has 0 aliphatic carbocycles. The van der Waals surface area contributed by atoms with Gasteiger partial charge >= 0.3 is 0 Å². The van der Waals surface area contributed by atoms with Crippen LogP contribution in [-0.2, 0) is 16.0 Å². The Labute approximate surface area is 146 Å². The Morgan fingerprint density at radius 3 is 1.84 bits per heavy atom. The van der Waals surface area contributed by atoms with Crippen LogP contribution in [0.25, 0.3) is 0 Å². The fourth-order valence-corrected chi connectivity index (χ4v) is 3.29. The Balaban J connectivity index is 2.52. The summed E-state index contributed by atoms with van der Waals surface area (Å²) in [6.07, 6.45) is 0.157. The second kappa shape index (κ2) is 8.33. The molecule has 2 aromatic carbocycles. The molecule has 0 heterocycles. The molecule has 0 N–H and O–H groups in total. The summed E-state index contributed by atoms with van der Waals surface area (Å²) in [6.45, 7) is 2.64. The van der Waals surface area contributed by atoms with E-state index in [1.807, 2.05) is 30.3 Å². The summed E-state index contributed by atoms with van der Waals surface area (Å²) in [6, 6.07) is 16.8. The van der Waals surface area contributed by atoms with E-state index in [9.17, 15) is 19.7 Å². The van der Waals surface area contributed by atoms with E-state index < -0.39 is 17.9 Å². The lowest BCUT2D eigenvalue weighted by Crippen LogP contribution is -2.39. The number of benzene rings is 2. The lowest BCUT2D eigenvalue weighted by molar-refractivity contribution is -0.527. The molecule has 2 rings (SSSR count). The predicted molar refractivity (Wildman–Crippen MR) is 95.0 cm³/mol. The molecular weight excluding hydrogens is 318 g/mol. The monoisotopic (exact) mass is 339 g/mol. The first-order chi connectivity index (χ1) is 11.9. The number of nitrogens with zero attached hydrogens (tertiary/aromatic N) is 1. The van der Waals surface area contributed by atoms with Crippen LogP contribution in [0.1, 0.15) is 30.9 Å². The fraction of sp³-hybridized carbons (Fsp3) is 0.300. The lowest BCUT2D eigenvalue weighted by atomic mass is 9.75. The van der Waals surface area contributed by atoms with Gasteiger partial charge in [0.25, 0.3) is 0 Å². The van der Waals surface area contributed by atoms with E-state index in [-0.39, 0.29) is 22.9 Å². The van der Waals surface area contributed by atoms with E-state index >= 15 is 0 Å². The summed E-state index contributed by atoms with van der Waals surface area (Å²) in [5.74, 6) is -2.52. The van der Waals surface area contributed by atoms with Crippen LogP contribution in [0.15, 0.2) is 60.7 Å². The van der Waals surface area contributed by atoms with Crippen LogP contribution in [0.2, 0.25) is 0 Å². The third-order valence-corrected chi connectivity index (χ3v) is 4.39. The zero-order chi connectivity index (χ0) is 18.4. The summed E-state index contributed by atoms with van der Waals surface area (Å²) in [5.41, 5.74) is 1.44. The van der Waals surface area contributed by atoms with Gasteiger partial charge in [-0.1, -0.05) is 60.7 Å². The Bertz CT molecular complexity index is 729. The number of carbonyl (C=O) groups is 2. The fourth-order valence-electron chi connectivity index (χ4n) is 3.29. The van der Waals surface area contributed by atoms with E-state index in [4.69, 9.17) is 0 Å². The number of hydrogen-bond acceptors (Lipinski definition) is 4. The zero-order valence-electron chi connectivity index (χ0n) is 14.3. The number of Topliss-reactive ketones (excluding diaryl/α,β-unsaturated/α-hetero) is 2. The smallest absolute Gasteiger partial charge is 0.225 e. The summed E-state index contributed by atoms with van der Waals surface area (Å²) in [5, 5.41) is 11.9. The standard InChI is InChI=1S/C20H21NO4/c1-14(22)19(15(2)23)20(17-11-7-4-8-12-17)18(21(24)25)13-16-9-5-3-6-10-16/h3-12,18-20H,13H2,1-2H3. The zero-order valence-corrected chi connectivity index (χ0v) is 14.3. The highest BCUT2D eigenvalue weighted by atomic mass is 16.6. The second-order valence-corrected chi connectivity index (χ2v) is 6.18. The van der Waals surface area contributed by atoms with Crippen molar-refractivity contribution in [2.24, 2.45) is 5.92 Å². The number of nitro groups is 1. The maximum absolute atomic E-state index is 12.1. The molecule has 0 radical (unpaired) electrons. The highest BCUT2D eigenvalue weighted by Crippen LogP contribution is 2.33. The Kier molecular flexibility index (Phi) is 6.17. The molecule has 130 valence electrons. The van der Waals surface area contributed by atoms with E-state index in [1.165, 1.54) is 13.8 Å². The second-order valence-electron chi connectivity index (χ2n) is 6.18. The van der Waals surface area contributed by atoms with Crippen molar-refractivity contribution in [2.45, 2.75) is 32.2 Å². The van der Waals surface area contributed by atoms with E-state index in [2.05, 4.69) is 0 Å². The van der Waals surface area contributed by atoms with Gasteiger partial charge in [0, 0.05) is 11.3 Å². The van der Waals surface area contributed by atoms with Crippen molar-refractivity contribution in [3.63, 3.8) is 0 Å². The Hall–Kier alpha value is -2.82. The third-order valence-electron chi connectivity index (χ3n) is 4.39. The van der Waals surface area contributed by atoms with Gasteiger partial charge in [0.2, 0.25) is 6.04 Å². The average molecular weight is 339 g/mol. The molecule has 5 heteroatoms. The maximum atomic E-state index is 12.1. The van der Waals surface area contributed by atoms with Crippen molar-refractivity contribution in [1.29, 1.82) is 0 Å². The van der Waals surface area contributed by atoms with Crippen LogP contribution in [0.4, 0.5) is 0 Å². The molecule has 0 saturated heterocycles. The van der Waals surface area contributed by atoms with Gasteiger partial charge in [0.05, 0.1) is 11.8 Å². The first kappa shape index (κ1) is 18.5. The SMILES string of the molecule is CC(=O)C(C(C)=O)C(c1ccccc1)C(Cc1ccccc1)[N+](=O)[O-]. The highest BCUT2D eigenvalue weighted by Gasteiger charge is 2.42. The minimum atomic E-state index is -1.07. The van der Waals surface area contributed by atoms with Gasteiger partial charge in [0.1, 0.15) is 11.6 Å². The molecule has 5 nitrogen and oxygen atoms in total. The Morgan fingerprint density at radius 1 is 0.920 bits per heavy atom. The maximum Gasteiger partial charge on any atom is 0.225 e. The van der Waals surface area contributed by atoms with Crippen molar-refractivity contribution < 1.29 is 14.5 Å². The molecule has 0 aliphatic heterocycles. The molecule has 0 aromatic heterocycles. The molecule has 0 aliphatic rings. The number of ketones is 2. The molecule has 2 aromatic rings. The van der Waals surface area contributed by atoms with Crippen LogP contribution in [0, 0.1) is 16.0 Å². The summed E-state index contributed by atoms with van der Waals surface area (Å²) < 4.78 is 0. The minimum Gasteiger partial charge on any atom is -0.299 e. The van der Waals surface area contributed by atoms with Crippen LogP contribution < -0.4 is 0 Å². The van der Waals surface area contributed by atoms with Crippen LogP contribution >= 0.6 is 0 Å². The summed E-state index contributed by atoms with van der Waals surface area (Å²) >= 11 is 0. The minimum absolute atomic E-state index is 0.157. The summed E-state index contributed by atoms with van der Waals surface area (Å²) in [7, 11) is 0. The summed E-state index contributed by atoms with van der Waals surface area (Å²) in [4.78, 5) is 35.8. The first-order valence-corrected chi connectivity index (χ1v) is 8.15. The van der Waals surface area contributed by atoms with Crippen LogP contribution in [0.5, 0.6) is 0 Å². The van der Waals surface area contributed by atoms with Gasteiger partial charge < -0.3 is 0 Å². The van der Waals surface area contributed by atoms with Gasteiger partial charge in [-0.15, -0.1) is 0 Å². The largest absolute Gasteiger partial charge is 0.299 e. The molecule has 0 fully saturated rings. The molecule has 0 spiro atoms. The van der Waals surface area contributed by atoms with Crippen molar-refractivity contribution in [3.8, 4) is 0 Å². The first-order valence-electron chi connectivity index (χ1n) is 8.15. The van der Waals surface area contributed by atoms with Crippen molar-refractivity contribution in [3.05, 3.63) is 81.9 Å². The van der Waals surface area contributed by atoms with Gasteiger partial charge in [-0.05, 0) is 25.0 Å². The molecule has 2 atom stereocenters. The highest BCUT2D eigenvalue weighted by molar-refractivity contribution is 6.01. The molecule has 25 heavy (non-hydrogen) atoms. The topological polar surface area (TPSA) is 77.3 Å². The van der Waals surface area contributed by atoms with E-state index in [1.54, 1.807) is 30.3 Å². The van der Waals surface area contributed by atoms with E-state index in [0.717, 1.165) is 5.56 Å².